The standard InChI is InChI=1S/C42H75N3O15/c1-22(26-9-10-27-25-8-7-23-18-24(48)12-13-41(23,2)28(25)19-31(51)42(26,27)3)6-11-32(52)45(16-4-14-43-39(59)37(57)35(55)33(53)29(49)20-46)17-5-15-44-40(60)38(58)36(56)34(54)30(50)21-47/h22-31,33-38,46-51,53-58H,4-21H2,1-3H3,(H,43,59)(H,44,60)/t22-,23+,24-,25+,26-,27+,28+,29-,30+,31+,33+,34-,35-,36-,37-,38-,41+,42-/m1/s1. The normalized spacial score (nSPS) is 34.6. The molecule has 3 amide bonds. The molecule has 0 spiro atoms. The van der Waals surface area contributed by atoms with E-state index in [0.717, 1.165) is 51.4 Å². The van der Waals surface area contributed by atoms with Gasteiger partial charge in [-0.05, 0) is 117 Å². The van der Waals surface area contributed by atoms with Gasteiger partial charge in [-0.15, -0.1) is 0 Å². The second-order valence-corrected chi connectivity index (χ2v) is 18.9. The summed E-state index contributed by atoms with van der Waals surface area (Å²) in [5, 5.41) is 124. The van der Waals surface area contributed by atoms with Gasteiger partial charge in [0.05, 0.1) is 25.4 Å². The molecular weight excluding hydrogens is 786 g/mol. The molecule has 0 saturated heterocycles. The van der Waals surface area contributed by atoms with Gasteiger partial charge in [0, 0.05) is 32.6 Å². The molecule has 18 heteroatoms. The molecule has 18 atom stereocenters. The molecule has 0 aliphatic heterocycles. The van der Waals surface area contributed by atoms with Crippen molar-refractivity contribution in [2.24, 2.45) is 46.3 Å². The largest absolute Gasteiger partial charge is 0.394 e. The number of carbonyl (C=O) groups excluding carboxylic acids is 3. The van der Waals surface area contributed by atoms with Crippen LogP contribution in [0, 0.1) is 46.3 Å². The molecule has 4 aliphatic rings. The molecule has 14 N–H and O–H groups in total. The van der Waals surface area contributed by atoms with Crippen LogP contribution in [0.15, 0.2) is 0 Å². The van der Waals surface area contributed by atoms with Crippen LogP contribution in [-0.4, -0.2) is 184 Å². The smallest absolute Gasteiger partial charge is 0.251 e. The minimum Gasteiger partial charge on any atom is -0.394 e. The van der Waals surface area contributed by atoms with Crippen molar-refractivity contribution in [3.63, 3.8) is 0 Å². The van der Waals surface area contributed by atoms with Gasteiger partial charge in [0.1, 0.15) is 36.6 Å². The van der Waals surface area contributed by atoms with E-state index in [1.807, 2.05) is 0 Å². The van der Waals surface area contributed by atoms with Crippen molar-refractivity contribution in [1.29, 1.82) is 0 Å². The van der Waals surface area contributed by atoms with Crippen LogP contribution in [0.25, 0.3) is 0 Å². The zero-order valence-electron chi connectivity index (χ0n) is 35.5. The molecule has 348 valence electrons. The summed E-state index contributed by atoms with van der Waals surface area (Å²) in [4.78, 5) is 40.3. The highest BCUT2D eigenvalue weighted by Gasteiger charge is 2.63. The first-order chi connectivity index (χ1) is 28.2. The fourth-order valence-corrected chi connectivity index (χ4v) is 11.8. The van der Waals surface area contributed by atoms with Crippen molar-refractivity contribution >= 4 is 17.7 Å². The Hall–Kier alpha value is -2.07. The fourth-order valence-electron chi connectivity index (χ4n) is 11.8. The van der Waals surface area contributed by atoms with Crippen LogP contribution in [0.3, 0.4) is 0 Å². The monoisotopic (exact) mass is 862 g/mol. The first kappa shape index (κ1) is 50.6. The van der Waals surface area contributed by atoms with E-state index in [0.29, 0.717) is 30.1 Å². The summed E-state index contributed by atoms with van der Waals surface area (Å²) in [6, 6.07) is 0. The molecule has 0 heterocycles. The number of nitrogens with one attached hydrogen (secondary N) is 2. The average Bonchev–Trinajstić information content (AvgIpc) is 3.61. The van der Waals surface area contributed by atoms with Crippen LogP contribution >= 0.6 is 0 Å². The van der Waals surface area contributed by atoms with Crippen LogP contribution in [-0.2, 0) is 14.4 Å². The predicted octanol–water partition coefficient (Wildman–Crippen LogP) is -2.89. The highest BCUT2D eigenvalue weighted by atomic mass is 16.4. The highest BCUT2D eigenvalue weighted by Crippen LogP contribution is 2.68. The lowest BCUT2D eigenvalue weighted by atomic mass is 9.43. The molecule has 0 aromatic carbocycles. The van der Waals surface area contributed by atoms with Crippen LogP contribution in [0.1, 0.15) is 97.8 Å². The second-order valence-electron chi connectivity index (χ2n) is 18.9. The molecule has 0 radical (unpaired) electrons. The Kier molecular flexibility index (Phi) is 18.6. The summed E-state index contributed by atoms with van der Waals surface area (Å²) in [5.74, 6) is -0.145. The summed E-state index contributed by atoms with van der Waals surface area (Å²) < 4.78 is 0. The van der Waals surface area contributed by atoms with Crippen LogP contribution in [0.5, 0.6) is 0 Å². The van der Waals surface area contributed by atoms with Crippen molar-refractivity contribution in [3.05, 3.63) is 0 Å². The number of hydrogen-bond donors (Lipinski definition) is 14. The third-order valence-corrected chi connectivity index (χ3v) is 15.5. The summed E-state index contributed by atoms with van der Waals surface area (Å²) in [7, 11) is 0. The van der Waals surface area contributed by atoms with E-state index in [2.05, 4.69) is 31.4 Å². The number of amides is 3. The topological polar surface area (TPSA) is 321 Å². The molecule has 0 aromatic rings. The average molecular weight is 862 g/mol. The summed E-state index contributed by atoms with van der Waals surface area (Å²) >= 11 is 0. The summed E-state index contributed by atoms with van der Waals surface area (Å²) in [6.07, 6.45) is -7.85. The summed E-state index contributed by atoms with van der Waals surface area (Å²) in [5.41, 5.74) is -0.164. The maximum Gasteiger partial charge on any atom is 0.251 e. The van der Waals surface area contributed by atoms with Gasteiger partial charge in [0.2, 0.25) is 5.91 Å². The van der Waals surface area contributed by atoms with Crippen molar-refractivity contribution in [3.8, 4) is 0 Å². The van der Waals surface area contributed by atoms with Gasteiger partial charge in [0.25, 0.3) is 11.8 Å². The third-order valence-electron chi connectivity index (χ3n) is 15.5. The maximum atomic E-state index is 13.8. The Balaban J connectivity index is 1.35. The van der Waals surface area contributed by atoms with Crippen LogP contribution in [0.2, 0.25) is 0 Å². The molecule has 0 aromatic heterocycles. The molecule has 0 bridgehead atoms. The van der Waals surface area contributed by atoms with E-state index in [4.69, 9.17) is 10.2 Å². The lowest BCUT2D eigenvalue weighted by Gasteiger charge is -2.62. The molecule has 4 fully saturated rings. The number of carbonyl (C=O) groups is 3. The van der Waals surface area contributed by atoms with E-state index in [9.17, 15) is 65.4 Å². The first-order valence-electron chi connectivity index (χ1n) is 22.1. The molecular formula is C42H75N3O15. The molecule has 18 nitrogen and oxygen atoms in total. The van der Waals surface area contributed by atoms with Crippen molar-refractivity contribution in [1.82, 2.24) is 15.5 Å². The lowest BCUT2D eigenvalue weighted by molar-refractivity contribution is -0.175. The molecule has 60 heavy (non-hydrogen) atoms. The van der Waals surface area contributed by atoms with Gasteiger partial charge in [-0.2, -0.15) is 0 Å². The zero-order valence-corrected chi connectivity index (χ0v) is 35.5. The lowest BCUT2D eigenvalue weighted by Crippen LogP contribution is -2.58. The molecule has 4 saturated carbocycles. The fraction of sp³-hybridized carbons (Fsp3) is 0.929. The van der Waals surface area contributed by atoms with Gasteiger partial charge < -0.3 is 76.8 Å². The van der Waals surface area contributed by atoms with Crippen molar-refractivity contribution < 1.29 is 75.7 Å². The van der Waals surface area contributed by atoms with Gasteiger partial charge >= 0.3 is 0 Å². The van der Waals surface area contributed by atoms with Crippen LogP contribution < -0.4 is 10.6 Å². The number of aliphatic hydroxyl groups excluding tert-OH is 12. The second kappa shape index (κ2) is 22.0. The zero-order chi connectivity index (χ0) is 44.7. The Bertz CT molecular complexity index is 1350. The van der Waals surface area contributed by atoms with Gasteiger partial charge in [0.15, 0.2) is 12.2 Å². The van der Waals surface area contributed by atoms with Gasteiger partial charge in [-0.1, -0.05) is 20.8 Å². The van der Waals surface area contributed by atoms with E-state index in [-0.39, 0.29) is 80.1 Å². The van der Waals surface area contributed by atoms with E-state index >= 15 is 0 Å². The number of rotatable bonds is 22. The summed E-state index contributed by atoms with van der Waals surface area (Å²) in [6.45, 7) is 5.15. The van der Waals surface area contributed by atoms with Gasteiger partial charge in [-0.25, -0.2) is 0 Å². The van der Waals surface area contributed by atoms with Crippen LogP contribution in [0.4, 0.5) is 0 Å². The SMILES string of the molecule is C[C@H](CCC(=O)N(CCCNC(=O)[C@H](O)[C@H](O)[C@@H](O)[C@H](O)CO)CCCNC(=O)[C@H](O)[C@H](O)[C@H](O)[C@@H](O)CO)[C@H]1CC[C@H]2[C@@H]3CC[C@H]4C[C@H](O)CC[C@]4(C)[C@H]3C[C@H](O)[C@]12C. The van der Waals surface area contributed by atoms with E-state index in [1.165, 1.54) is 0 Å². The van der Waals surface area contributed by atoms with E-state index < -0.39 is 80.0 Å². The minimum absolute atomic E-state index is 0.0491. The highest BCUT2D eigenvalue weighted by molar-refractivity contribution is 5.81. The van der Waals surface area contributed by atoms with Crippen molar-refractivity contribution in [2.45, 2.75) is 159 Å². The minimum atomic E-state index is -2.11. The maximum absolute atomic E-state index is 13.8. The third kappa shape index (κ3) is 11.2. The quantitative estimate of drug-likeness (QED) is 0.0486. The number of fused-ring (bicyclic) bond motifs is 5. The van der Waals surface area contributed by atoms with Crippen molar-refractivity contribution in [2.75, 3.05) is 39.4 Å². The Morgan fingerprint density at radius 3 is 1.75 bits per heavy atom. The molecule has 4 rings (SSSR count). The number of nitrogens with zero attached hydrogens (tertiary/aromatic N) is 1. The molecule has 4 aliphatic carbocycles. The first-order valence-corrected chi connectivity index (χ1v) is 22.1. The van der Waals surface area contributed by atoms with E-state index in [1.54, 1.807) is 4.90 Å². The number of aliphatic hydroxyl groups is 12. The Morgan fingerprint density at radius 1 is 0.700 bits per heavy atom. The molecule has 0 unspecified atom stereocenters. The Morgan fingerprint density at radius 2 is 1.23 bits per heavy atom. The number of hydrogen-bond acceptors (Lipinski definition) is 15. The van der Waals surface area contributed by atoms with Gasteiger partial charge in [-0.3, -0.25) is 14.4 Å². The Labute approximate surface area is 353 Å². The predicted molar refractivity (Wildman–Crippen MR) is 215 cm³/mol.